The van der Waals surface area contributed by atoms with Crippen LogP contribution in [0.2, 0.25) is 10.0 Å². The minimum atomic E-state index is -0.450. The number of methoxy groups -OCH3 is 1. The number of thiazole rings is 1. The summed E-state index contributed by atoms with van der Waals surface area (Å²) in [6, 6.07) is 9.90. The van der Waals surface area contributed by atoms with E-state index in [1.807, 2.05) is 17.6 Å². The van der Waals surface area contributed by atoms with E-state index in [1.54, 1.807) is 24.3 Å². The number of rotatable bonds is 3. The monoisotopic (exact) mass is 408 g/mol. The summed E-state index contributed by atoms with van der Waals surface area (Å²) in [5.41, 5.74) is 1.62. The zero-order valence-electron chi connectivity index (χ0n) is 14.0. The summed E-state index contributed by atoms with van der Waals surface area (Å²) in [6.45, 7) is 2.58. The lowest BCUT2D eigenvalue weighted by Crippen LogP contribution is -2.16. The Morgan fingerprint density at radius 3 is 2.62 bits per heavy atom. The number of hydrogen-bond donors (Lipinski definition) is 0. The van der Waals surface area contributed by atoms with Crippen LogP contribution in [0.5, 0.6) is 0 Å². The molecule has 3 aromatic rings. The van der Waals surface area contributed by atoms with Gasteiger partial charge >= 0.3 is 5.97 Å². The molecule has 0 spiro atoms. The zero-order valence-corrected chi connectivity index (χ0v) is 16.3. The summed E-state index contributed by atoms with van der Waals surface area (Å²) >= 11 is 13.3. The van der Waals surface area contributed by atoms with Crippen molar-refractivity contribution in [3.63, 3.8) is 0 Å². The molecule has 1 heterocycles. The number of fused-ring (bicyclic) bond motifs is 1. The van der Waals surface area contributed by atoms with E-state index in [9.17, 15) is 9.59 Å². The molecule has 0 bridgehead atoms. The molecule has 134 valence electrons. The van der Waals surface area contributed by atoms with Crippen LogP contribution >= 0.6 is 34.5 Å². The van der Waals surface area contributed by atoms with Crippen molar-refractivity contribution in [3.8, 4) is 0 Å². The van der Waals surface area contributed by atoms with E-state index in [0.717, 1.165) is 10.2 Å². The zero-order chi connectivity index (χ0) is 18.8. The van der Waals surface area contributed by atoms with Crippen molar-refractivity contribution < 1.29 is 14.3 Å². The molecule has 0 fully saturated rings. The van der Waals surface area contributed by atoms with E-state index in [-0.39, 0.29) is 10.6 Å². The molecule has 26 heavy (non-hydrogen) atoms. The van der Waals surface area contributed by atoms with Gasteiger partial charge in [0.25, 0.3) is 5.91 Å². The number of esters is 1. The molecular weight excluding hydrogens is 395 g/mol. The molecule has 0 saturated carbocycles. The Morgan fingerprint density at radius 1 is 1.19 bits per heavy atom. The molecule has 0 unspecified atom stereocenters. The second-order valence-corrected chi connectivity index (χ2v) is 7.20. The Hall–Kier alpha value is -2.15. The fourth-order valence-corrected chi connectivity index (χ4v) is 4.14. The second-order valence-electron chi connectivity index (χ2n) is 5.34. The SMILES string of the molecule is CCn1c(=NC(=O)c2ccc(Cl)cc2Cl)sc2cc(C(=O)OC)ccc21. The number of aromatic nitrogens is 1. The van der Waals surface area contributed by atoms with Crippen molar-refractivity contribution in [2.24, 2.45) is 4.99 Å². The van der Waals surface area contributed by atoms with Crippen LogP contribution in [0.4, 0.5) is 0 Å². The third-order valence-electron chi connectivity index (χ3n) is 3.78. The molecule has 0 saturated heterocycles. The predicted octanol–water partition coefficient (Wildman–Crippen LogP) is 4.56. The number of amides is 1. The maximum atomic E-state index is 12.5. The van der Waals surface area contributed by atoms with Gasteiger partial charge in [-0.3, -0.25) is 4.79 Å². The molecule has 8 heteroatoms. The molecule has 0 N–H and O–H groups in total. The van der Waals surface area contributed by atoms with Crippen molar-refractivity contribution >= 4 is 56.6 Å². The van der Waals surface area contributed by atoms with Gasteiger partial charge in [0, 0.05) is 11.6 Å². The fourth-order valence-electron chi connectivity index (χ4n) is 2.52. The van der Waals surface area contributed by atoms with Gasteiger partial charge in [-0.15, -0.1) is 0 Å². The topological polar surface area (TPSA) is 60.7 Å². The lowest BCUT2D eigenvalue weighted by Gasteiger charge is -2.02. The number of benzene rings is 2. The number of ether oxygens (including phenoxy) is 1. The molecule has 0 atom stereocenters. The van der Waals surface area contributed by atoms with Crippen LogP contribution in [-0.2, 0) is 11.3 Å². The summed E-state index contributed by atoms with van der Waals surface area (Å²) in [7, 11) is 1.34. The first kappa shape index (κ1) is 18.6. The summed E-state index contributed by atoms with van der Waals surface area (Å²) < 4.78 is 7.49. The van der Waals surface area contributed by atoms with Crippen LogP contribution in [0.1, 0.15) is 27.6 Å². The molecule has 1 aromatic heterocycles. The van der Waals surface area contributed by atoms with Crippen LogP contribution < -0.4 is 4.80 Å². The van der Waals surface area contributed by atoms with E-state index in [1.165, 1.54) is 24.5 Å². The third kappa shape index (κ3) is 3.53. The number of carbonyl (C=O) groups excluding carboxylic acids is 2. The first-order valence-corrected chi connectivity index (χ1v) is 9.27. The van der Waals surface area contributed by atoms with E-state index in [2.05, 4.69) is 4.99 Å². The van der Waals surface area contributed by atoms with Crippen molar-refractivity contribution in [2.75, 3.05) is 7.11 Å². The number of halogens is 2. The molecule has 5 nitrogen and oxygen atoms in total. The van der Waals surface area contributed by atoms with E-state index < -0.39 is 11.9 Å². The molecular formula is C18H14Cl2N2O3S. The van der Waals surface area contributed by atoms with Gasteiger partial charge in [0.2, 0.25) is 0 Å². The molecule has 3 rings (SSSR count). The molecule has 0 aliphatic heterocycles. The van der Waals surface area contributed by atoms with E-state index in [4.69, 9.17) is 27.9 Å². The van der Waals surface area contributed by atoms with E-state index in [0.29, 0.717) is 21.9 Å². The first-order chi connectivity index (χ1) is 12.4. The van der Waals surface area contributed by atoms with Crippen molar-refractivity contribution in [1.82, 2.24) is 4.57 Å². The lowest BCUT2D eigenvalue weighted by molar-refractivity contribution is 0.0601. The van der Waals surface area contributed by atoms with Crippen LogP contribution in [-0.4, -0.2) is 23.6 Å². The van der Waals surface area contributed by atoms with Gasteiger partial charge in [-0.05, 0) is 43.3 Å². The third-order valence-corrected chi connectivity index (χ3v) is 5.37. The van der Waals surface area contributed by atoms with Gasteiger partial charge in [0.1, 0.15) is 0 Å². The Bertz CT molecular complexity index is 1090. The highest BCUT2D eigenvalue weighted by Crippen LogP contribution is 2.23. The van der Waals surface area contributed by atoms with Crippen molar-refractivity contribution in [2.45, 2.75) is 13.5 Å². The van der Waals surface area contributed by atoms with E-state index >= 15 is 0 Å². The molecule has 0 aliphatic rings. The van der Waals surface area contributed by atoms with Crippen LogP contribution in [0.3, 0.4) is 0 Å². The number of nitrogens with zero attached hydrogens (tertiary/aromatic N) is 2. The summed E-state index contributed by atoms with van der Waals surface area (Å²) in [5, 5.41) is 0.704. The van der Waals surface area contributed by atoms with Gasteiger partial charge in [-0.2, -0.15) is 4.99 Å². The Kier molecular flexibility index (Phi) is 5.46. The van der Waals surface area contributed by atoms with Crippen LogP contribution in [0.15, 0.2) is 41.4 Å². The number of aryl methyl sites for hydroxylation is 1. The first-order valence-electron chi connectivity index (χ1n) is 7.70. The molecule has 0 aliphatic carbocycles. The normalized spacial score (nSPS) is 11.8. The van der Waals surface area contributed by atoms with Crippen LogP contribution in [0.25, 0.3) is 10.2 Å². The maximum absolute atomic E-state index is 12.5. The highest BCUT2D eigenvalue weighted by molar-refractivity contribution is 7.16. The number of hydrogen-bond acceptors (Lipinski definition) is 4. The standard InChI is InChI=1S/C18H14Cl2N2O3S/c1-3-22-14-7-4-10(17(24)25-2)8-15(14)26-18(22)21-16(23)12-6-5-11(19)9-13(12)20/h4-9H,3H2,1-2H3. The smallest absolute Gasteiger partial charge is 0.337 e. The Labute approximate surface area is 163 Å². The van der Waals surface area contributed by atoms with Gasteiger partial charge in [0.15, 0.2) is 4.80 Å². The van der Waals surface area contributed by atoms with Crippen molar-refractivity contribution in [1.29, 1.82) is 0 Å². The fraction of sp³-hybridized carbons (Fsp3) is 0.167. The molecule has 0 radical (unpaired) electrons. The average Bonchev–Trinajstić information content (AvgIpc) is 2.96. The van der Waals surface area contributed by atoms with Gasteiger partial charge in [0.05, 0.1) is 33.5 Å². The number of carbonyl (C=O) groups is 2. The van der Waals surface area contributed by atoms with Gasteiger partial charge < -0.3 is 9.30 Å². The largest absolute Gasteiger partial charge is 0.465 e. The predicted molar refractivity (Wildman–Crippen MR) is 103 cm³/mol. The van der Waals surface area contributed by atoms with Crippen molar-refractivity contribution in [3.05, 3.63) is 62.4 Å². The Morgan fingerprint density at radius 2 is 1.96 bits per heavy atom. The van der Waals surface area contributed by atoms with Gasteiger partial charge in [-0.1, -0.05) is 34.5 Å². The lowest BCUT2D eigenvalue weighted by atomic mass is 10.2. The second kappa shape index (κ2) is 7.61. The minimum absolute atomic E-state index is 0.253. The quantitative estimate of drug-likeness (QED) is 0.596. The van der Waals surface area contributed by atoms with Crippen LogP contribution in [0, 0.1) is 0 Å². The summed E-state index contributed by atoms with van der Waals surface area (Å²) in [4.78, 5) is 29.0. The maximum Gasteiger partial charge on any atom is 0.337 e. The highest BCUT2D eigenvalue weighted by atomic mass is 35.5. The average molecular weight is 409 g/mol. The summed E-state index contributed by atoms with van der Waals surface area (Å²) in [6.07, 6.45) is 0. The molecule has 2 aromatic carbocycles. The molecule has 1 amide bonds. The minimum Gasteiger partial charge on any atom is -0.465 e. The highest BCUT2D eigenvalue weighted by Gasteiger charge is 2.13. The van der Waals surface area contributed by atoms with Gasteiger partial charge in [-0.25, -0.2) is 4.79 Å². The summed E-state index contributed by atoms with van der Waals surface area (Å²) in [5.74, 6) is -0.862. The Balaban J connectivity index is 2.12.